The number of benzene rings is 1. The molecule has 2 rings (SSSR count). The van der Waals surface area contributed by atoms with Crippen LogP contribution in [-0.2, 0) is 14.3 Å². The molecule has 138 valence electrons. The molecule has 0 aliphatic heterocycles. The van der Waals surface area contributed by atoms with Crippen molar-refractivity contribution in [2.45, 2.75) is 20.0 Å². The van der Waals surface area contributed by atoms with E-state index in [0.717, 1.165) is 16.9 Å². The molecule has 26 heavy (non-hydrogen) atoms. The maximum absolute atomic E-state index is 12.1. The van der Waals surface area contributed by atoms with Crippen molar-refractivity contribution in [3.63, 3.8) is 0 Å². The zero-order valence-corrected chi connectivity index (χ0v) is 15.6. The Morgan fingerprint density at radius 3 is 2.69 bits per heavy atom. The van der Waals surface area contributed by atoms with Gasteiger partial charge in [0, 0.05) is 5.02 Å². The van der Waals surface area contributed by atoms with Crippen LogP contribution in [0.25, 0.3) is 0 Å². The minimum absolute atomic E-state index is 0.198. The Balaban J connectivity index is 1.86. The molecule has 1 aromatic carbocycles. The molecule has 2 amide bonds. The largest absolute Gasteiger partial charge is 0.482 e. The fraction of sp³-hybridized carbons (Fsp3) is 0.235. The quantitative estimate of drug-likeness (QED) is 0.699. The van der Waals surface area contributed by atoms with Gasteiger partial charge in [0.15, 0.2) is 12.7 Å². The number of carbonyl (C=O) groups excluding carboxylic acids is 3. The van der Waals surface area contributed by atoms with Crippen LogP contribution in [0, 0.1) is 6.92 Å². The normalized spacial score (nSPS) is 11.5. The van der Waals surface area contributed by atoms with Gasteiger partial charge in [-0.1, -0.05) is 11.6 Å². The molecule has 1 heterocycles. The van der Waals surface area contributed by atoms with Crippen molar-refractivity contribution in [2.75, 3.05) is 11.9 Å². The molecular weight excluding hydrogens is 380 g/mol. The van der Waals surface area contributed by atoms with Gasteiger partial charge in [0.1, 0.15) is 10.8 Å². The second-order valence-electron chi connectivity index (χ2n) is 5.35. The molecule has 0 bridgehead atoms. The van der Waals surface area contributed by atoms with Gasteiger partial charge in [0.05, 0.1) is 5.56 Å². The van der Waals surface area contributed by atoms with E-state index in [2.05, 4.69) is 5.32 Å². The number of ether oxygens (including phenoxy) is 2. The van der Waals surface area contributed by atoms with Crippen LogP contribution >= 0.6 is 22.9 Å². The maximum Gasteiger partial charge on any atom is 0.344 e. The van der Waals surface area contributed by atoms with Crippen LogP contribution in [0.5, 0.6) is 5.75 Å². The van der Waals surface area contributed by atoms with E-state index in [9.17, 15) is 14.4 Å². The van der Waals surface area contributed by atoms with E-state index in [1.165, 1.54) is 13.0 Å². The van der Waals surface area contributed by atoms with Gasteiger partial charge in [-0.15, -0.1) is 11.3 Å². The summed E-state index contributed by atoms with van der Waals surface area (Å²) in [6, 6.07) is 6.49. The zero-order chi connectivity index (χ0) is 19.3. The van der Waals surface area contributed by atoms with Gasteiger partial charge in [-0.3, -0.25) is 9.59 Å². The summed E-state index contributed by atoms with van der Waals surface area (Å²) in [7, 11) is 0. The first-order chi connectivity index (χ1) is 12.3. The number of hydrogen-bond acceptors (Lipinski definition) is 6. The Kier molecular flexibility index (Phi) is 6.59. The molecule has 0 saturated carbocycles. The number of halogens is 1. The molecule has 9 heteroatoms. The number of anilines is 1. The third kappa shape index (κ3) is 5.21. The molecule has 1 unspecified atom stereocenters. The summed E-state index contributed by atoms with van der Waals surface area (Å²) >= 11 is 7.00. The monoisotopic (exact) mass is 396 g/mol. The van der Waals surface area contributed by atoms with E-state index in [4.69, 9.17) is 26.8 Å². The van der Waals surface area contributed by atoms with Gasteiger partial charge in [-0.2, -0.15) is 0 Å². The Labute approximate surface area is 159 Å². The Morgan fingerprint density at radius 2 is 2.04 bits per heavy atom. The van der Waals surface area contributed by atoms with Crippen LogP contribution in [-0.4, -0.2) is 30.5 Å². The lowest BCUT2D eigenvalue weighted by Gasteiger charge is -2.14. The van der Waals surface area contributed by atoms with E-state index in [0.29, 0.717) is 15.8 Å². The Hall–Kier alpha value is -2.58. The predicted octanol–water partition coefficient (Wildman–Crippen LogP) is 2.76. The zero-order valence-electron chi connectivity index (χ0n) is 14.1. The number of thiophene rings is 1. The molecule has 1 aromatic heterocycles. The SMILES string of the molecule is Cc1cc(Cl)ccc1OCC(=O)OC(C)C(=O)Nc1sccc1C(N)=O. The minimum atomic E-state index is -1.07. The van der Waals surface area contributed by atoms with Gasteiger partial charge >= 0.3 is 5.97 Å². The smallest absolute Gasteiger partial charge is 0.344 e. The fourth-order valence-electron chi connectivity index (χ4n) is 2.01. The number of aryl methyl sites for hydroxylation is 1. The number of nitrogens with one attached hydrogen (secondary N) is 1. The van der Waals surface area contributed by atoms with Crippen LogP contribution in [0.1, 0.15) is 22.8 Å². The van der Waals surface area contributed by atoms with E-state index >= 15 is 0 Å². The molecule has 2 aromatic rings. The summed E-state index contributed by atoms with van der Waals surface area (Å²) in [4.78, 5) is 35.2. The molecule has 0 aliphatic rings. The summed E-state index contributed by atoms with van der Waals surface area (Å²) in [6.07, 6.45) is -1.07. The first kappa shape index (κ1) is 19.7. The highest BCUT2D eigenvalue weighted by atomic mass is 35.5. The van der Waals surface area contributed by atoms with E-state index in [-0.39, 0.29) is 12.2 Å². The highest BCUT2D eigenvalue weighted by Gasteiger charge is 2.21. The summed E-state index contributed by atoms with van der Waals surface area (Å²) in [6.45, 7) is 2.85. The molecule has 0 saturated heterocycles. The van der Waals surface area contributed by atoms with Crippen molar-refractivity contribution in [3.8, 4) is 5.75 Å². The minimum Gasteiger partial charge on any atom is -0.482 e. The lowest BCUT2D eigenvalue weighted by atomic mass is 10.2. The second-order valence-corrected chi connectivity index (χ2v) is 6.70. The molecule has 0 fully saturated rings. The van der Waals surface area contributed by atoms with E-state index in [1.807, 2.05) is 0 Å². The standard InChI is InChI=1S/C17H17ClN2O5S/c1-9-7-11(18)3-4-13(9)24-8-14(21)25-10(2)16(23)20-17-12(15(19)22)5-6-26-17/h3-7,10H,8H2,1-2H3,(H2,19,22)(H,20,23). The van der Waals surface area contributed by atoms with Gasteiger partial charge in [0.2, 0.25) is 0 Å². The number of rotatable bonds is 7. The van der Waals surface area contributed by atoms with Crippen LogP contribution in [0.15, 0.2) is 29.6 Å². The number of amides is 2. The van der Waals surface area contributed by atoms with Crippen molar-refractivity contribution in [1.82, 2.24) is 0 Å². The number of hydrogen-bond donors (Lipinski definition) is 2. The molecular formula is C17H17ClN2O5S. The maximum atomic E-state index is 12.1. The lowest BCUT2D eigenvalue weighted by molar-refractivity contribution is -0.155. The van der Waals surface area contributed by atoms with Gasteiger partial charge in [-0.25, -0.2) is 4.79 Å². The Bertz CT molecular complexity index is 836. The Morgan fingerprint density at radius 1 is 1.31 bits per heavy atom. The number of esters is 1. The van der Waals surface area contributed by atoms with Crippen LogP contribution in [0.2, 0.25) is 5.02 Å². The highest BCUT2D eigenvalue weighted by Crippen LogP contribution is 2.23. The first-order valence-electron chi connectivity index (χ1n) is 7.54. The molecule has 0 aliphatic carbocycles. The predicted molar refractivity (Wildman–Crippen MR) is 98.7 cm³/mol. The van der Waals surface area contributed by atoms with Gasteiger partial charge in [0.25, 0.3) is 11.8 Å². The summed E-state index contributed by atoms with van der Waals surface area (Å²) < 4.78 is 10.4. The number of nitrogens with two attached hydrogens (primary N) is 1. The summed E-state index contributed by atoms with van der Waals surface area (Å²) in [5.74, 6) is -1.44. The third-order valence-electron chi connectivity index (χ3n) is 3.33. The molecule has 7 nitrogen and oxygen atoms in total. The molecule has 3 N–H and O–H groups in total. The number of carbonyl (C=O) groups is 3. The number of primary amides is 1. The van der Waals surface area contributed by atoms with E-state index in [1.54, 1.807) is 30.5 Å². The van der Waals surface area contributed by atoms with E-state index < -0.39 is 23.9 Å². The first-order valence-corrected chi connectivity index (χ1v) is 8.80. The summed E-state index contributed by atoms with van der Waals surface area (Å²) in [5.41, 5.74) is 6.18. The van der Waals surface area contributed by atoms with Crippen LogP contribution in [0.4, 0.5) is 5.00 Å². The van der Waals surface area contributed by atoms with Crippen LogP contribution < -0.4 is 15.8 Å². The fourth-order valence-corrected chi connectivity index (χ4v) is 3.03. The lowest BCUT2D eigenvalue weighted by Crippen LogP contribution is -2.32. The topological polar surface area (TPSA) is 108 Å². The summed E-state index contributed by atoms with van der Waals surface area (Å²) in [5, 5.41) is 5.00. The van der Waals surface area contributed by atoms with Crippen molar-refractivity contribution in [1.29, 1.82) is 0 Å². The molecule has 1 atom stereocenters. The van der Waals surface area contributed by atoms with Gasteiger partial charge in [-0.05, 0) is 49.1 Å². The second kappa shape index (κ2) is 8.68. The van der Waals surface area contributed by atoms with Crippen molar-refractivity contribution < 1.29 is 23.9 Å². The molecule has 0 spiro atoms. The van der Waals surface area contributed by atoms with Crippen LogP contribution in [0.3, 0.4) is 0 Å². The third-order valence-corrected chi connectivity index (χ3v) is 4.39. The average molecular weight is 397 g/mol. The van der Waals surface area contributed by atoms with Gasteiger partial charge < -0.3 is 20.5 Å². The van der Waals surface area contributed by atoms with Crippen molar-refractivity contribution in [2.24, 2.45) is 5.73 Å². The average Bonchev–Trinajstić information content (AvgIpc) is 3.02. The van der Waals surface area contributed by atoms with Crippen molar-refractivity contribution >= 4 is 45.7 Å². The highest BCUT2D eigenvalue weighted by molar-refractivity contribution is 7.14. The molecule has 0 radical (unpaired) electrons. The van der Waals surface area contributed by atoms with Crippen molar-refractivity contribution in [3.05, 3.63) is 45.8 Å².